The smallest absolute Gasteiger partial charge is 0.183 e. The first-order valence-electron chi connectivity index (χ1n) is 7.84. The van der Waals surface area contributed by atoms with Gasteiger partial charge in [-0.3, -0.25) is 0 Å². The Morgan fingerprint density at radius 2 is 1.96 bits per heavy atom. The van der Waals surface area contributed by atoms with Crippen LogP contribution in [-0.4, -0.2) is 23.1 Å². The highest BCUT2D eigenvalue weighted by atomic mass is 35.5. The van der Waals surface area contributed by atoms with Crippen molar-refractivity contribution in [3.63, 3.8) is 0 Å². The minimum Gasteiger partial charge on any atom is -0.354 e. The summed E-state index contributed by atoms with van der Waals surface area (Å²) in [5, 5.41) is 9.88. The van der Waals surface area contributed by atoms with Crippen LogP contribution in [0.1, 0.15) is 24.1 Å². The third-order valence-corrected chi connectivity index (χ3v) is 4.19. The molecule has 0 bridgehead atoms. The van der Waals surface area contributed by atoms with Gasteiger partial charge in [0.1, 0.15) is 6.07 Å². The lowest BCUT2D eigenvalue weighted by atomic mass is 10.0. The molecule has 120 valence electrons. The lowest BCUT2D eigenvalue weighted by Gasteiger charge is -2.29. The third kappa shape index (κ3) is 4.01. The minimum absolute atomic E-state index is 0.394. The molecule has 1 aliphatic heterocycles. The second kappa shape index (κ2) is 7.76. The van der Waals surface area contributed by atoms with E-state index in [0.717, 1.165) is 36.5 Å². The molecule has 1 fully saturated rings. The predicted molar refractivity (Wildman–Crippen MR) is 96.8 cm³/mol. The van der Waals surface area contributed by atoms with Crippen LogP contribution >= 0.6 is 11.6 Å². The molecular weight excluding hydrogens is 320 g/mol. The first kappa shape index (κ1) is 16.2. The van der Waals surface area contributed by atoms with Crippen molar-refractivity contribution in [2.75, 3.05) is 18.0 Å². The molecule has 0 amide bonds. The summed E-state index contributed by atoms with van der Waals surface area (Å²) in [6.45, 7) is 1.70. The van der Waals surface area contributed by atoms with Crippen LogP contribution in [0.3, 0.4) is 0 Å². The molecule has 2 heterocycles. The molecule has 5 heteroatoms. The third-order valence-electron chi connectivity index (χ3n) is 3.96. The van der Waals surface area contributed by atoms with Crippen molar-refractivity contribution in [1.82, 2.24) is 9.97 Å². The van der Waals surface area contributed by atoms with E-state index in [-0.39, 0.29) is 0 Å². The van der Waals surface area contributed by atoms with Crippen molar-refractivity contribution in [1.29, 1.82) is 5.26 Å². The average molecular weight is 337 g/mol. The minimum atomic E-state index is 0.394. The summed E-state index contributed by atoms with van der Waals surface area (Å²) in [4.78, 5) is 10.5. The summed E-state index contributed by atoms with van der Waals surface area (Å²) in [6.07, 6.45) is 11.4. The molecule has 0 unspecified atom stereocenters. The summed E-state index contributed by atoms with van der Waals surface area (Å²) in [7, 11) is 0. The Hall–Kier alpha value is -2.64. The van der Waals surface area contributed by atoms with Gasteiger partial charge in [0.05, 0.1) is 0 Å². The van der Waals surface area contributed by atoms with Gasteiger partial charge in [0.2, 0.25) is 0 Å². The van der Waals surface area contributed by atoms with E-state index < -0.39 is 0 Å². The molecule has 1 aromatic carbocycles. The van der Waals surface area contributed by atoms with Gasteiger partial charge in [-0.25, -0.2) is 9.97 Å². The topological polar surface area (TPSA) is 52.8 Å². The number of benzene rings is 1. The van der Waals surface area contributed by atoms with Crippen molar-refractivity contribution in [2.45, 2.75) is 12.8 Å². The van der Waals surface area contributed by atoms with Crippen LogP contribution in [0.15, 0.2) is 54.4 Å². The molecule has 0 atom stereocenters. The number of rotatable bonds is 3. The van der Waals surface area contributed by atoms with Crippen molar-refractivity contribution >= 4 is 23.5 Å². The largest absolute Gasteiger partial charge is 0.354 e. The van der Waals surface area contributed by atoms with Crippen LogP contribution in [0.2, 0.25) is 5.02 Å². The van der Waals surface area contributed by atoms with Gasteiger partial charge in [-0.2, -0.15) is 5.26 Å². The second-order valence-corrected chi connectivity index (χ2v) is 6.00. The molecular formula is C19H17ClN4. The van der Waals surface area contributed by atoms with Crippen molar-refractivity contribution in [3.8, 4) is 6.07 Å². The molecule has 24 heavy (non-hydrogen) atoms. The van der Waals surface area contributed by atoms with E-state index in [4.69, 9.17) is 16.9 Å². The standard InChI is InChI=1S/C19H17ClN4/c20-17-6-2-5-16(13-17)4-1-3-15-7-11-24(12-8-15)19-18(14-21)22-9-10-23-19/h1-6,9-10,13H,7-8,11-12H2/b4-1+. The quantitative estimate of drug-likeness (QED) is 0.841. The van der Waals surface area contributed by atoms with Crippen molar-refractivity contribution in [2.24, 2.45) is 0 Å². The summed E-state index contributed by atoms with van der Waals surface area (Å²) in [5.41, 5.74) is 2.88. The van der Waals surface area contributed by atoms with Crippen LogP contribution in [0.4, 0.5) is 5.82 Å². The van der Waals surface area contributed by atoms with E-state index in [2.05, 4.69) is 39.2 Å². The fraction of sp³-hybridized carbons (Fsp3) is 0.211. The van der Waals surface area contributed by atoms with Gasteiger partial charge in [0.15, 0.2) is 11.5 Å². The molecule has 0 N–H and O–H groups in total. The Morgan fingerprint density at radius 3 is 2.71 bits per heavy atom. The average Bonchev–Trinajstić information content (AvgIpc) is 2.62. The first-order valence-corrected chi connectivity index (χ1v) is 8.22. The zero-order chi connectivity index (χ0) is 16.8. The zero-order valence-electron chi connectivity index (χ0n) is 13.2. The van der Waals surface area contributed by atoms with Gasteiger partial charge in [0, 0.05) is 30.5 Å². The van der Waals surface area contributed by atoms with E-state index in [9.17, 15) is 0 Å². The highest BCUT2D eigenvalue weighted by Gasteiger charge is 2.18. The van der Waals surface area contributed by atoms with E-state index in [1.807, 2.05) is 24.3 Å². The first-order chi connectivity index (χ1) is 11.8. The molecule has 1 aromatic heterocycles. The molecule has 0 aliphatic carbocycles. The van der Waals surface area contributed by atoms with Crippen molar-refractivity contribution in [3.05, 3.63) is 70.7 Å². The van der Waals surface area contributed by atoms with Gasteiger partial charge < -0.3 is 4.90 Å². The number of halogens is 1. The number of nitriles is 1. The molecule has 2 aromatic rings. The number of hydrogen-bond donors (Lipinski definition) is 0. The number of piperidine rings is 1. The second-order valence-electron chi connectivity index (χ2n) is 5.57. The summed E-state index contributed by atoms with van der Waals surface area (Å²) < 4.78 is 0. The lowest BCUT2D eigenvalue weighted by Crippen LogP contribution is -2.32. The lowest BCUT2D eigenvalue weighted by molar-refractivity contribution is 0.674. The maximum atomic E-state index is 9.14. The van der Waals surface area contributed by atoms with Gasteiger partial charge in [-0.15, -0.1) is 0 Å². The van der Waals surface area contributed by atoms with Gasteiger partial charge in [-0.05, 0) is 30.5 Å². The molecule has 0 spiro atoms. The predicted octanol–water partition coefficient (Wildman–Crippen LogP) is 4.24. The molecule has 0 saturated carbocycles. The number of nitrogens with zero attached hydrogens (tertiary/aromatic N) is 4. The summed E-state index contributed by atoms with van der Waals surface area (Å²) >= 11 is 5.98. The summed E-state index contributed by atoms with van der Waals surface area (Å²) in [6, 6.07) is 9.89. The van der Waals surface area contributed by atoms with Crippen LogP contribution < -0.4 is 4.90 Å². The van der Waals surface area contributed by atoms with Crippen LogP contribution in [0.5, 0.6) is 0 Å². The Bertz CT molecular complexity index is 810. The molecule has 3 rings (SSSR count). The Balaban J connectivity index is 1.62. The highest BCUT2D eigenvalue weighted by molar-refractivity contribution is 6.30. The number of hydrogen-bond acceptors (Lipinski definition) is 4. The molecule has 1 aliphatic rings. The van der Waals surface area contributed by atoms with E-state index in [0.29, 0.717) is 11.5 Å². The number of allylic oxidation sites excluding steroid dienone is 2. The maximum absolute atomic E-state index is 9.14. The van der Waals surface area contributed by atoms with Crippen LogP contribution in [0.25, 0.3) is 6.08 Å². The number of aromatic nitrogens is 2. The fourth-order valence-electron chi connectivity index (χ4n) is 2.72. The molecule has 0 radical (unpaired) electrons. The molecule has 4 nitrogen and oxygen atoms in total. The maximum Gasteiger partial charge on any atom is 0.183 e. The highest BCUT2D eigenvalue weighted by Crippen LogP contribution is 2.23. The van der Waals surface area contributed by atoms with Crippen molar-refractivity contribution < 1.29 is 0 Å². The van der Waals surface area contributed by atoms with E-state index >= 15 is 0 Å². The van der Waals surface area contributed by atoms with Gasteiger partial charge >= 0.3 is 0 Å². The van der Waals surface area contributed by atoms with Gasteiger partial charge in [0.25, 0.3) is 0 Å². The monoisotopic (exact) mass is 336 g/mol. The Kier molecular flexibility index (Phi) is 5.25. The SMILES string of the molecule is N#Cc1nccnc1N1CCC(=C/C=C/c2cccc(Cl)c2)CC1. The Morgan fingerprint density at radius 1 is 1.17 bits per heavy atom. The van der Waals surface area contributed by atoms with E-state index in [1.165, 1.54) is 5.57 Å². The number of anilines is 1. The zero-order valence-corrected chi connectivity index (χ0v) is 13.9. The van der Waals surface area contributed by atoms with E-state index in [1.54, 1.807) is 12.4 Å². The summed E-state index contributed by atoms with van der Waals surface area (Å²) in [5.74, 6) is 0.688. The Labute approximate surface area is 146 Å². The van der Waals surface area contributed by atoms with Crippen LogP contribution in [-0.2, 0) is 0 Å². The molecule has 1 saturated heterocycles. The fourth-order valence-corrected chi connectivity index (χ4v) is 2.92. The van der Waals surface area contributed by atoms with Crippen LogP contribution in [0, 0.1) is 11.3 Å². The normalized spacial score (nSPS) is 14.7. The van der Waals surface area contributed by atoms with Gasteiger partial charge in [-0.1, -0.05) is 47.5 Å².